The number of nitrogens with zero attached hydrogens (tertiary/aromatic N) is 7. The zero-order valence-electron chi connectivity index (χ0n) is 19.4. The molecule has 0 spiro atoms. The fourth-order valence-corrected chi connectivity index (χ4v) is 4.59. The maximum atomic E-state index is 10.1. The predicted molar refractivity (Wildman–Crippen MR) is 127 cm³/mol. The molecule has 0 unspecified atom stereocenters. The van der Waals surface area contributed by atoms with Crippen LogP contribution in [0.15, 0.2) is 30.6 Å². The molecule has 10 heteroatoms. The number of ether oxygens (including phenoxy) is 1. The minimum Gasteiger partial charge on any atom is -0.497 e. The highest BCUT2D eigenvalue weighted by Gasteiger charge is 2.30. The first-order valence-corrected chi connectivity index (χ1v) is 11.2. The van der Waals surface area contributed by atoms with Gasteiger partial charge in [-0.15, -0.1) is 5.10 Å². The van der Waals surface area contributed by atoms with Crippen LogP contribution in [0.1, 0.15) is 45.4 Å². The van der Waals surface area contributed by atoms with Crippen molar-refractivity contribution in [2.45, 2.75) is 57.7 Å². The van der Waals surface area contributed by atoms with E-state index in [1.54, 1.807) is 30.2 Å². The Balaban J connectivity index is 1.46. The number of methoxy groups -OCH3 is 1. The molecule has 3 aromatic heterocycles. The Hall–Kier alpha value is -3.40. The molecule has 2 atom stereocenters. The third-order valence-corrected chi connectivity index (χ3v) is 6.27. The molecule has 0 amide bonds. The number of piperidine rings is 1. The van der Waals surface area contributed by atoms with Gasteiger partial charge >= 0.3 is 0 Å². The number of aromatic nitrogens is 6. The summed E-state index contributed by atoms with van der Waals surface area (Å²) in [5, 5.41) is 20.2. The molecule has 1 aliphatic heterocycles. The first kappa shape index (κ1) is 21.4. The molecule has 1 aliphatic rings. The van der Waals surface area contributed by atoms with Gasteiger partial charge in [0.15, 0.2) is 11.5 Å². The molecule has 0 bridgehead atoms. The Labute approximate surface area is 192 Å². The molecular weight excluding hydrogens is 420 g/mol. The highest BCUT2D eigenvalue weighted by Crippen LogP contribution is 2.33. The van der Waals surface area contributed by atoms with Crippen LogP contribution < -0.4 is 15.4 Å². The average molecular weight is 451 g/mol. The van der Waals surface area contributed by atoms with Crippen LogP contribution in [0.2, 0.25) is 0 Å². The first-order valence-electron chi connectivity index (χ1n) is 11.2. The molecule has 4 aromatic rings. The summed E-state index contributed by atoms with van der Waals surface area (Å²) < 4.78 is 8.74. The van der Waals surface area contributed by atoms with E-state index in [9.17, 15) is 5.11 Å². The van der Waals surface area contributed by atoms with Gasteiger partial charge in [0.05, 0.1) is 36.7 Å². The summed E-state index contributed by atoms with van der Waals surface area (Å²) in [7, 11) is 1.63. The number of rotatable bonds is 5. The molecule has 1 saturated heterocycles. The summed E-state index contributed by atoms with van der Waals surface area (Å²) in [4.78, 5) is 11.7. The zero-order chi connectivity index (χ0) is 23.3. The monoisotopic (exact) mass is 450 g/mol. The quantitative estimate of drug-likeness (QED) is 0.476. The summed E-state index contributed by atoms with van der Waals surface area (Å²) in [5.74, 6) is 1.96. The average Bonchev–Trinajstić information content (AvgIpc) is 3.40. The molecule has 10 nitrogen and oxygen atoms in total. The number of benzene rings is 1. The summed E-state index contributed by atoms with van der Waals surface area (Å²) in [6, 6.07) is 6.07. The lowest BCUT2D eigenvalue weighted by Crippen LogP contribution is -2.41. The van der Waals surface area contributed by atoms with Gasteiger partial charge in [0.25, 0.3) is 0 Å². The molecule has 5 rings (SSSR count). The lowest BCUT2D eigenvalue weighted by molar-refractivity contribution is 0.0577. The fourth-order valence-electron chi connectivity index (χ4n) is 4.59. The number of hydrogen-bond donors (Lipinski definition) is 2. The molecule has 0 radical (unpaired) electrons. The van der Waals surface area contributed by atoms with Crippen molar-refractivity contribution in [1.82, 2.24) is 29.4 Å². The van der Waals surface area contributed by atoms with E-state index in [0.717, 1.165) is 47.6 Å². The minimum absolute atomic E-state index is 0.159. The third kappa shape index (κ3) is 4.06. The summed E-state index contributed by atoms with van der Waals surface area (Å²) in [5.41, 5.74) is 7.88. The van der Waals surface area contributed by atoms with E-state index >= 15 is 0 Å². The largest absolute Gasteiger partial charge is 0.497 e. The van der Waals surface area contributed by atoms with Gasteiger partial charge in [-0.1, -0.05) is 0 Å². The Morgan fingerprint density at radius 1 is 1.24 bits per heavy atom. The summed E-state index contributed by atoms with van der Waals surface area (Å²) in [6.45, 7) is 7.01. The predicted octanol–water partition coefficient (Wildman–Crippen LogP) is 2.61. The van der Waals surface area contributed by atoms with E-state index < -0.39 is 5.60 Å². The second kappa shape index (κ2) is 7.87. The van der Waals surface area contributed by atoms with Crippen molar-refractivity contribution >= 4 is 28.2 Å². The van der Waals surface area contributed by atoms with Crippen LogP contribution >= 0.6 is 0 Å². The highest BCUT2D eigenvalue weighted by atomic mass is 16.5. The van der Waals surface area contributed by atoms with Gasteiger partial charge < -0.3 is 20.5 Å². The van der Waals surface area contributed by atoms with Gasteiger partial charge in [0, 0.05) is 36.2 Å². The number of aliphatic hydroxyl groups is 1. The van der Waals surface area contributed by atoms with Gasteiger partial charge in [0.1, 0.15) is 5.75 Å². The Morgan fingerprint density at radius 2 is 2.06 bits per heavy atom. The van der Waals surface area contributed by atoms with Gasteiger partial charge in [-0.3, -0.25) is 4.68 Å². The van der Waals surface area contributed by atoms with Gasteiger partial charge in [-0.25, -0.2) is 9.97 Å². The lowest BCUT2D eigenvalue weighted by Gasteiger charge is -2.37. The minimum atomic E-state index is -0.819. The number of anilines is 2. The number of hydrogen-bond acceptors (Lipinski definition) is 8. The molecule has 1 aromatic carbocycles. The summed E-state index contributed by atoms with van der Waals surface area (Å²) in [6.07, 6.45) is 5.87. The zero-order valence-corrected chi connectivity index (χ0v) is 19.4. The van der Waals surface area contributed by atoms with E-state index in [1.807, 2.05) is 30.6 Å². The van der Waals surface area contributed by atoms with Crippen molar-refractivity contribution < 1.29 is 9.84 Å². The topological polar surface area (TPSA) is 120 Å². The van der Waals surface area contributed by atoms with Crippen molar-refractivity contribution in [3.63, 3.8) is 0 Å². The van der Waals surface area contributed by atoms with E-state index in [4.69, 9.17) is 20.6 Å². The van der Waals surface area contributed by atoms with Crippen LogP contribution in [-0.4, -0.2) is 59.8 Å². The highest BCUT2D eigenvalue weighted by molar-refractivity contribution is 5.93. The van der Waals surface area contributed by atoms with E-state index in [2.05, 4.69) is 21.9 Å². The van der Waals surface area contributed by atoms with Gasteiger partial charge in [-0.05, 0) is 45.7 Å². The van der Waals surface area contributed by atoms with E-state index in [-0.39, 0.29) is 5.92 Å². The van der Waals surface area contributed by atoms with Crippen molar-refractivity contribution in [3.8, 4) is 5.75 Å². The van der Waals surface area contributed by atoms with E-state index in [0.29, 0.717) is 24.2 Å². The Morgan fingerprint density at radius 3 is 2.82 bits per heavy atom. The summed E-state index contributed by atoms with van der Waals surface area (Å²) >= 11 is 0. The lowest BCUT2D eigenvalue weighted by atomic mass is 9.92. The molecule has 1 fully saturated rings. The second-order valence-corrected chi connectivity index (χ2v) is 9.54. The molecule has 0 saturated carbocycles. The fraction of sp³-hybridized carbons (Fsp3) is 0.478. The molecule has 4 heterocycles. The first-order chi connectivity index (χ1) is 15.7. The number of fused-ring (bicyclic) bond motifs is 3. The smallest absolute Gasteiger partial charge is 0.223 e. The van der Waals surface area contributed by atoms with Crippen molar-refractivity contribution in [2.24, 2.45) is 0 Å². The van der Waals surface area contributed by atoms with Crippen LogP contribution in [0.3, 0.4) is 0 Å². The maximum absolute atomic E-state index is 10.1. The maximum Gasteiger partial charge on any atom is 0.223 e. The Bertz CT molecular complexity index is 1310. The van der Waals surface area contributed by atoms with Crippen LogP contribution in [0.25, 0.3) is 16.6 Å². The molecule has 0 aliphatic carbocycles. The van der Waals surface area contributed by atoms with Crippen molar-refractivity contribution in [2.75, 3.05) is 24.3 Å². The molecular formula is C23H30N8O2. The van der Waals surface area contributed by atoms with Crippen LogP contribution in [0.4, 0.5) is 11.6 Å². The normalized spacial score (nSPS) is 19.5. The van der Waals surface area contributed by atoms with Crippen molar-refractivity contribution in [1.29, 1.82) is 0 Å². The molecule has 3 N–H and O–H groups in total. The standard InChI is InChI=1S/C23H30N8O2/c1-14-5-6-15(11-30(14)16-10-25-29(12-16)13-23(2,3)32)20-27-21-18-8-7-17(33-4)9-19(18)26-22(24)31(21)28-20/h7-10,12,14-15,32H,5-6,11,13H2,1-4H3,(H2,24,26)/t14-,15+/m0/s1. The third-order valence-electron chi connectivity index (χ3n) is 6.27. The molecule has 174 valence electrons. The van der Waals surface area contributed by atoms with Gasteiger partial charge in [-0.2, -0.15) is 9.61 Å². The number of nitrogens with two attached hydrogens (primary N) is 1. The van der Waals surface area contributed by atoms with Crippen LogP contribution in [0.5, 0.6) is 5.75 Å². The number of nitrogen functional groups attached to an aromatic ring is 1. The second-order valence-electron chi connectivity index (χ2n) is 9.54. The molecule has 33 heavy (non-hydrogen) atoms. The van der Waals surface area contributed by atoms with E-state index in [1.165, 1.54) is 0 Å². The SMILES string of the molecule is COc1ccc2c(c1)nc(N)n1nc([C@@H]3CC[C@H](C)N(c4cnn(CC(C)(C)O)c4)C3)nc21. The Kier molecular flexibility index (Phi) is 5.12. The van der Waals surface area contributed by atoms with Crippen molar-refractivity contribution in [3.05, 3.63) is 36.4 Å². The van der Waals surface area contributed by atoms with Crippen LogP contribution in [-0.2, 0) is 6.54 Å². The van der Waals surface area contributed by atoms with Gasteiger partial charge in [0.2, 0.25) is 5.95 Å². The van der Waals surface area contributed by atoms with Crippen LogP contribution in [0, 0.1) is 0 Å².